The van der Waals surface area contributed by atoms with E-state index in [0.29, 0.717) is 4.42 Å². The molecule has 0 atom stereocenters. The Bertz CT molecular complexity index is 173. The molecule has 1 heterocycles. The highest BCUT2D eigenvalue weighted by Crippen LogP contribution is 2.15. The number of hydrogen-bond donors (Lipinski definition) is 0. The second kappa shape index (κ2) is 2.15. The lowest BCUT2D eigenvalue weighted by molar-refractivity contribution is -0.121. The Labute approximate surface area is 64.8 Å². The van der Waals surface area contributed by atoms with Crippen molar-refractivity contribution in [2.45, 2.75) is 0 Å². The minimum Gasteiger partial charge on any atom is -0.271 e. The second-order valence-electron chi connectivity index (χ2n) is 1.48. The molecular formula is C3H2BrClN2O2. The highest BCUT2D eigenvalue weighted by Gasteiger charge is 2.33. The fourth-order valence-corrected chi connectivity index (χ4v) is 1.06. The Morgan fingerprint density at radius 1 is 1.56 bits per heavy atom. The number of halogens is 2. The van der Waals surface area contributed by atoms with Gasteiger partial charge in [0, 0.05) is 11.8 Å². The van der Waals surface area contributed by atoms with Gasteiger partial charge in [0.1, 0.15) is 6.54 Å². The van der Waals surface area contributed by atoms with Crippen molar-refractivity contribution in [3.05, 3.63) is 0 Å². The topological polar surface area (TPSA) is 40.6 Å². The summed E-state index contributed by atoms with van der Waals surface area (Å²) < 4.78 is 1.59. The molecule has 6 heteroatoms. The molecule has 4 nitrogen and oxygen atoms in total. The summed E-state index contributed by atoms with van der Waals surface area (Å²) in [5, 5.41) is 0. The molecule has 0 unspecified atom stereocenters. The van der Waals surface area contributed by atoms with Crippen molar-refractivity contribution in [2.75, 3.05) is 6.54 Å². The van der Waals surface area contributed by atoms with Gasteiger partial charge in [-0.15, -0.1) is 0 Å². The number of amides is 3. The van der Waals surface area contributed by atoms with E-state index in [1.54, 1.807) is 0 Å². The monoisotopic (exact) mass is 212 g/mol. The summed E-state index contributed by atoms with van der Waals surface area (Å²) in [6.45, 7) is 0.00231. The van der Waals surface area contributed by atoms with Gasteiger partial charge in [-0.25, -0.2) is 8.72 Å². The molecule has 0 aromatic carbocycles. The zero-order valence-electron chi connectivity index (χ0n) is 4.17. The van der Waals surface area contributed by atoms with E-state index in [1.807, 2.05) is 0 Å². The SMILES string of the molecule is O=C1CN(Br)C(=O)N1Cl. The zero-order chi connectivity index (χ0) is 7.02. The van der Waals surface area contributed by atoms with Crippen molar-refractivity contribution in [3.63, 3.8) is 0 Å². The average Bonchev–Trinajstić information content (AvgIpc) is 1.98. The van der Waals surface area contributed by atoms with Crippen molar-refractivity contribution in [1.82, 2.24) is 8.34 Å². The van der Waals surface area contributed by atoms with Crippen LogP contribution in [-0.4, -0.2) is 26.8 Å². The van der Waals surface area contributed by atoms with Gasteiger partial charge < -0.3 is 0 Å². The summed E-state index contributed by atoms with van der Waals surface area (Å²) in [7, 11) is 0. The Morgan fingerprint density at radius 3 is 2.22 bits per heavy atom. The highest BCUT2D eigenvalue weighted by atomic mass is 79.9. The maximum Gasteiger partial charge on any atom is 0.352 e. The summed E-state index contributed by atoms with van der Waals surface area (Å²) in [4.78, 5) is 21.1. The average molecular weight is 213 g/mol. The van der Waals surface area contributed by atoms with Crippen LogP contribution >= 0.6 is 27.9 Å². The third-order valence-electron chi connectivity index (χ3n) is 0.869. The van der Waals surface area contributed by atoms with Crippen molar-refractivity contribution in [3.8, 4) is 0 Å². The van der Waals surface area contributed by atoms with Gasteiger partial charge in [0.05, 0.1) is 16.1 Å². The van der Waals surface area contributed by atoms with Crippen LogP contribution in [0.4, 0.5) is 4.79 Å². The Morgan fingerprint density at radius 2 is 2.11 bits per heavy atom. The highest BCUT2D eigenvalue weighted by molar-refractivity contribution is 9.07. The molecule has 9 heavy (non-hydrogen) atoms. The molecule has 3 amide bonds. The van der Waals surface area contributed by atoms with Gasteiger partial charge in [0.15, 0.2) is 0 Å². The first-order valence-electron chi connectivity index (χ1n) is 2.09. The van der Waals surface area contributed by atoms with Gasteiger partial charge in [-0.2, -0.15) is 4.42 Å². The van der Waals surface area contributed by atoms with E-state index in [-0.39, 0.29) is 6.54 Å². The molecule has 0 aromatic heterocycles. The van der Waals surface area contributed by atoms with E-state index in [2.05, 4.69) is 16.1 Å². The van der Waals surface area contributed by atoms with Crippen LogP contribution < -0.4 is 0 Å². The summed E-state index contributed by atoms with van der Waals surface area (Å²) in [5.41, 5.74) is 0. The molecule has 0 bridgehead atoms. The van der Waals surface area contributed by atoms with Crippen LogP contribution in [-0.2, 0) is 4.79 Å². The first-order chi connectivity index (χ1) is 4.13. The van der Waals surface area contributed by atoms with Gasteiger partial charge in [0.2, 0.25) is 0 Å². The molecule has 0 radical (unpaired) electrons. The summed E-state index contributed by atoms with van der Waals surface area (Å²) in [6.07, 6.45) is 0. The normalized spacial score (nSPS) is 19.8. The molecule has 0 saturated carbocycles. The van der Waals surface area contributed by atoms with E-state index >= 15 is 0 Å². The molecule has 1 fully saturated rings. The third-order valence-corrected chi connectivity index (χ3v) is 1.76. The van der Waals surface area contributed by atoms with Gasteiger partial charge in [-0.1, -0.05) is 0 Å². The number of carbonyl (C=O) groups is 2. The fourth-order valence-electron chi connectivity index (χ4n) is 0.450. The molecule has 1 aliphatic heterocycles. The van der Waals surface area contributed by atoms with Gasteiger partial charge >= 0.3 is 6.03 Å². The van der Waals surface area contributed by atoms with Crippen LogP contribution in [0, 0.1) is 0 Å². The molecular weight excluding hydrogens is 211 g/mol. The van der Waals surface area contributed by atoms with E-state index in [4.69, 9.17) is 11.8 Å². The fraction of sp³-hybridized carbons (Fsp3) is 0.333. The molecule has 1 rings (SSSR count). The summed E-state index contributed by atoms with van der Waals surface area (Å²) >= 11 is 7.99. The molecule has 1 aliphatic rings. The largest absolute Gasteiger partial charge is 0.352 e. The standard InChI is InChI=1S/C3H2BrClN2O2/c4-6-1-2(8)7(5)3(6)9/h1H2. The first-order valence-corrected chi connectivity index (χ1v) is 3.13. The van der Waals surface area contributed by atoms with Crippen molar-refractivity contribution in [1.29, 1.82) is 0 Å². The van der Waals surface area contributed by atoms with Crippen molar-refractivity contribution >= 4 is 39.9 Å². The molecule has 0 aromatic rings. The Hall–Kier alpha value is -0.290. The van der Waals surface area contributed by atoms with E-state index in [9.17, 15) is 9.59 Å². The van der Waals surface area contributed by atoms with Crippen LogP contribution in [0.3, 0.4) is 0 Å². The number of rotatable bonds is 0. The van der Waals surface area contributed by atoms with Crippen LogP contribution in [0.1, 0.15) is 0 Å². The van der Waals surface area contributed by atoms with E-state index < -0.39 is 11.9 Å². The third kappa shape index (κ3) is 1.02. The van der Waals surface area contributed by atoms with Crippen molar-refractivity contribution < 1.29 is 9.59 Å². The van der Waals surface area contributed by atoms with E-state index in [0.717, 1.165) is 3.93 Å². The molecule has 0 spiro atoms. The van der Waals surface area contributed by atoms with Crippen LogP contribution in [0.2, 0.25) is 0 Å². The van der Waals surface area contributed by atoms with Gasteiger partial charge in [-0.3, -0.25) is 4.79 Å². The predicted molar refractivity (Wildman–Crippen MR) is 33.7 cm³/mol. The zero-order valence-corrected chi connectivity index (χ0v) is 6.52. The minimum atomic E-state index is -0.540. The summed E-state index contributed by atoms with van der Waals surface area (Å²) in [5.74, 6) is -0.418. The minimum absolute atomic E-state index is 0.00231. The predicted octanol–water partition coefficient (Wildman–Crippen LogP) is 0.714. The second-order valence-corrected chi connectivity index (χ2v) is 2.67. The smallest absolute Gasteiger partial charge is 0.271 e. The number of imide groups is 1. The molecule has 0 N–H and O–H groups in total. The number of nitrogens with zero attached hydrogens (tertiary/aromatic N) is 2. The van der Waals surface area contributed by atoms with Gasteiger partial charge in [0.25, 0.3) is 5.91 Å². The van der Waals surface area contributed by atoms with Gasteiger partial charge in [-0.05, 0) is 0 Å². The molecule has 1 saturated heterocycles. The number of hydrogen-bond acceptors (Lipinski definition) is 2. The lowest BCUT2D eigenvalue weighted by atomic mass is 10.7. The van der Waals surface area contributed by atoms with E-state index in [1.165, 1.54) is 0 Å². The lowest BCUT2D eigenvalue weighted by Gasteiger charge is -2.00. The molecule has 0 aliphatic carbocycles. The van der Waals surface area contributed by atoms with Crippen LogP contribution in [0.25, 0.3) is 0 Å². The molecule has 50 valence electrons. The number of urea groups is 1. The van der Waals surface area contributed by atoms with Crippen LogP contribution in [0.15, 0.2) is 0 Å². The lowest BCUT2D eigenvalue weighted by Crippen LogP contribution is -2.19. The Balaban J connectivity index is 2.77. The van der Waals surface area contributed by atoms with Crippen LogP contribution in [0.5, 0.6) is 0 Å². The quantitative estimate of drug-likeness (QED) is 0.439. The number of carbonyl (C=O) groups excluding carboxylic acids is 2. The maximum absolute atomic E-state index is 10.6. The van der Waals surface area contributed by atoms with Crippen molar-refractivity contribution in [2.24, 2.45) is 0 Å². The summed E-state index contributed by atoms with van der Waals surface area (Å²) in [6, 6.07) is -0.540. The maximum atomic E-state index is 10.6. The Kier molecular flexibility index (Phi) is 1.63. The first kappa shape index (κ1) is 6.82.